The van der Waals surface area contributed by atoms with E-state index in [0.717, 1.165) is 11.3 Å². The van der Waals surface area contributed by atoms with E-state index >= 15 is 0 Å². The molecule has 6 heteroatoms. The van der Waals surface area contributed by atoms with Crippen molar-refractivity contribution in [3.8, 4) is 5.75 Å². The van der Waals surface area contributed by atoms with Gasteiger partial charge in [0.25, 0.3) is 5.91 Å². The maximum atomic E-state index is 11.7. The molecule has 0 aromatic heterocycles. The third-order valence-corrected chi connectivity index (χ3v) is 4.40. The fourth-order valence-electron chi connectivity index (χ4n) is 1.99. The lowest BCUT2D eigenvalue weighted by atomic mass is 10.2. The van der Waals surface area contributed by atoms with Gasteiger partial charge in [0, 0.05) is 17.1 Å². The molecule has 2 aromatic carbocycles. The van der Waals surface area contributed by atoms with Crippen LogP contribution >= 0.6 is 11.8 Å². The molecule has 0 bridgehead atoms. The number of amides is 2. The summed E-state index contributed by atoms with van der Waals surface area (Å²) in [7, 11) is 0. The van der Waals surface area contributed by atoms with Gasteiger partial charge in [0.05, 0.1) is 0 Å². The van der Waals surface area contributed by atoms with Crippen LogP contribution in [0, 0.1) is 0 Å². The second kappa shape index (κ2) is 10.4. The number of nitrogens with one attached hydrogen (secondary N) is 2. The number of aryl methyl sites for hydroxylation is 1. The number of rotatable bonds is 8. The van der Waals surface area contributed by atoms with E-state index in [4.69, 9.17) is 4.74 Å². The highest BCUT2D eigenvalue weighted by Crippen LogP contribution is 2.17. The van der Waals surface area contributed by atoms with Crippen LogP contribution in [0.5, 0.6) is 5.75 Å². The zero-order valence-corrected chi connectivity index (χ0v) is 15.0. The first-order valence-corrected chi connectivity index (χ1v) is 9.13. The summed E-state index contributed by atoms with van der Waals surface area (Å²) in [5.41, 5.74) is 5.95. The highest BCUT2D eigenvalue weighted by atomic mass is 32.2. The fraction of sp³-hybridized carbons (Fsp3) is 0.263. The van der Waals surface area contributed by atoms with Crippen molar-refractivity contribution in [3.63, 3.8) is 0 Å². The van der Waals surface area contributed by atoms with Crippen LogP contribution in [0.15, 0.2) is 59.5 Å². The number of hydrogen-bond donors (Lipinski definition) is 2. The van der Waals surface area contributed by atoms with Crippen LogP contribution in [0.1, 0.15) is 18.9 Å². The largest absolute Gasteiger partial charge is 0.484 e. The molecule has 0 atom stereocenters. The Morgan fingerprint density at radius 3 is 2.32 bits per heavy atom. The number of carbonyl (C=O) groups is 2. The van der Waals surface area contributed by atoms with Gasteiger partial charge in [-0.25, -0.2) is 0 Å². The van der Waals surface area contributed by atoms with Crippen molar-refractivity contribution in [2.45, 2.75) is 24.7 Å². The second-order valence-electron chi connectivity index (χ2n) is 5.29. The topological polar surface area (TPSA) is 67.4 Å². The molecule has 5 nitrogen and oxygen atoms in total. The average Bonchev–Trinajstić information content (AvgIpc) is 2.66. The predicted molar refractivity (Wildman–Crippen MR) is 99.4 cm³/mol. The van der Waals surface area contributed by atoms with Crippen LogP contribution in [0.4, 0.5) is 0 Å². The Morgan fingerprint density at radius 1 is 0.960 bits per heavy atom. The van der Waals surface area contributed by atoms with Gasteiger partial charge in [-0.05, 0) is 36.2 Å². The van der Waals surface area contributed by atoms with Crippen molar-refractivity contribution in [3.05, 3.63) is 60.2 Å². The Balaban J connectivity index is 1.59. The minimum atomic E-state index is -0.399. The Labute approximate surface area is 152 Å². The molecule has 0 saturated carbocycles. The normalized spacial score (nSPS) is 10.1. The average molecular weight is 358 g/mol. The van der Waals surface area contributed by atoms with Crippen LogP contribution in [0.25, 0.3) is 0 Å². The fourth-order valence-corrected chi connectivity index (χ4v) is 2.86. The number of thioether (sulfide) groups is 1. The first-order chi connectivity index (χ1) is 12.2. The van der Waals surface area contributed by atoms with E-state index in [1.165, 1.54) is 5.56 Å². The molecule has 0 spiro atoms. The van der Waals surface area contributed by atoms with Gasteiger partial charge in [-0.1, -0.05) is 37.3 Å². The summed E-state index contributed by atoms with van der Waals surface area (Å²) < 4.78 is 5.37. The first-order valence-electron chi connectivity index (χ1n) is 8.14. The Morgan fingerprint density at radius 2 is 1.64 bits per heavy atom. The van der Waals surface area contributed by atoms with Crippen molar-refractivity contribution < 1.29 is 14.3 Å². The van der Waals surface area contributed by atoms with E-state index in [2.05, 4.69) is 17.8 Å². The quantitative estimate of drug-likeness (QED) is 0.562. The van der Waals surface area contributed by atoms with Crippen molar-refractivity contribution >= 4 is 23.6 Å². The van der Waals surface area contributed by atoms with E-state index in [1.54, 1.807) is 11.8 Å². The first kappa shape index (κ1) is 18.9. The van der Waals surface area contributed by atoms with Crippen LogP contribution in [0.2, 0.25) is 0 Å². The standard InChI is InChI=1S/C19H22N2O3S/c1-2-15-8-10-16(11-9-15)24-14-19(23)21-20-18(22)12-13-25-17-6-4-3-5-7-17/h3-11H,2,12-14H2,1H3,(H,20,22)(H,21,23). The monoisotopic (exact) mass is 358 g/mol. The van der Waals surface area contributed by atoms with Crippen molar-refractivity contribution in [2.75, 3.05) is 12.4 Å². The van der Waals surface area contributed by atoms with Gasteiger partial charge in [-0.15, -0.1) is 11.8 Å². The number of hydrazine groups is 1. The summed E-state index contributed by atoms with van der Waals surface area (Å²) in [6.07, 6.45) is 1.27. The summed E-state index contributed by atoms with van der Waals surface area (Å²) >= 11 is 1.60. The zero-order chi connectivity index (χ0) is 17.9. The third kappa shape index (κ3) is 7.30. The molecule has 2 aromatic rings. The zero-order valence-electron chi connectivity index (χ0n) is 14.2. The number of carbonyl (C=O) groups excluding carboxylic acids is 2. The van der Waals surface area contributed by atoms with Crippen molar-refractivity contribution in [1.29, 1.82) is 0 Å². The summed E-state index contributed by atoms with van der Waals surface area (Å²) in [5.74, 6) is 0.636. The van der Waals surface area contributed by atoms with Gasteiger partial charge in [0.1, 0.15) is 5.75 Å². The maximum Gasteiger partial charge on any atom is 0.276 e. The predicted octanol–water partition coefficient (Wildman–Crippen LogP) is 2.96. The van der Waals surface area contributed by atoms with Gasteiger partial charge in [0.2, 0.25) is 5.91 Å². The molecule has 0 unspecified atom stereocenters. The Hall–Kier alpha value is -2.47. The highest BCUT2D eigenvalue weighted by molar-refractivity contribution is 7.99. The van der Waals surface area contributed by atoms with E-state index in [9.17, 15) is 9.59 Å². The molecule has 0 aliphatic heterocycles. The molecule has 25 heavy (non-hydrogen) atoms. The Kier molecular flexibility index (Phi) is 7.85. The Bertz CT molecular complexity index is 675. The summed E-state index contributed by atoms with van der Waals surface area (Å²) in [6, 6.07) is 17.4. The SMILES string of the molecule is CCc1ccc(OCC(=O)NNC(=O)CCSc2ccccc2)cc1. The lowest BCUT2D eigenvalue weighted by Gasteiger charge is -2.09. The molecule has 0 aliphatic rings. The molecule has 0 saturated heterocycles. The molecule has 2 amide bonds. The van der Waals surface area contributed by atoms with E-state index in [1.807, 2.05) is 54.6 Å². The molecule has 0 aliphatic carbocycles. The van der Waals surface area contributed by atoms with Crippen molar-refractivity contribution in [1.82, 2.24) is 10.9 Å². The van der Waals surface area contributed by atoms with Gasteiger partial charge < -0.3 is 4.74 Å². The summed E-state index contributed by atoms with van der Waals surface area (Å²) in [4.78, 5) is 24.5. The molecule has 0 radical (unpaired) electrons. The lowest BCUT2D eigenvalue weighted by molar-refractivity contribution is -0.129. The number of benzene rings is 2. The van der Waals surface area contributed by atoms with Gasteiger partial charge in [-0.2, -0.15) is 0 Å². The van der Waals surface area contributed by atoms with Crippen LogP contribution < -0.4 is 15.6 Å². The minimum Gasteiger partial charge on any atom is -0.484 e. The highest BCUT2D eigenvalue weighted by Gasteiger charge is 2.06. The molecule has 0 heterocycles. The van der Waals surface area contributed by atoms with Crippen LogP contribution in [0.3, 0.4) is 0 Å². The second-order valence-corrected chi connectivity index (χ2v) is 6.46. The van der Waals surface area contributed by atoms with Crippen LogP contribution in [-0.4, -0.2) is 24.2 Å². The number of hydrogen-bond acceptors (Lipinski definition) is 4. The molecular weight excluding hydrogens is 336 g/mol. The van der Waals surface area contributed by atoms with Gasteiger partial charge >= 0.3 is 0 Å². The minimum absolute atomic E-state index is 0.148. The van der Waals surface area contributed by atoms with Crippen molar-refractivity contribution in [2.24, 2.45) is 0 Å². The molecule has 0 fully saturated rings. The van der Waals surface area contributed by atoms with E-state index in [-0.39, 0.29) is 12.5 Å². The molecule has 132 valence electrons. The van der Waals surface area contributed by atoms with E-state index < -0.39 is 5.91 Å². The summed E-state index contributed by atoms with van der Waals surface area (Å²) in [5, 5.41) is 0. The van der Waals surface area contributed by atoms with Crippen LogP contribution in [-0.2, 0) is 16.0 Å². The third-order valence-electron chi connectivity index (χ3n) is 3.38. The number of ether oxygens (including phenoxy) is 1. The smallest absolute Gasteiger partial charge is 0.276 e. The summed E-state index contributed by atoms with van der Waals surface area (Å²) in [6.45, 7) is 1.93. The lowest BCUT2D eigenvalue weighted by Crippen LogP contribution is -2.43. The maximum absolute atomic E-state index is 11.7. The van der Waals surface area contributed by atoms with Gasteiger partial charge in [-0.3, -0.25) is 20.4 Å². The molecular formula is C19H22N2O3S. The molecule has 2 rings (SSSR count). The molecule has 2 N–H and O–H groups in total. The van der Waals surface area contributed by atoms with E-state index in [0.29, 0.717) is 17.9 Å². The van der Waals surface area contributed by atoms with Gasteiger partial charge in [0.15, 0.2) is 6.61 Å².